The predicted molar refractivity (Wildman–Crippen MR) is 50.8 cm³/mol. The molecule has 68 valence electrons. The van der Waals surface area contributed by atoms with Crippen LogP contribution < -0.4 is 0 Å². The van der Waals surface area contributed by atoms with E-state index in [0.29, 0.717) is 4.47 Å². The lowest BCUT2D eigenvalue weighted by Gasteiger charge is -1.97. The molecule has 0 aromatic heterocycles. The zero-order chi connectivity index (χ0) is 9.84. The van der Waals surface area contributed by atoms with E-state index in [1.165, 1.54) is 12.1 Å². The van der Waals surface area contributed by atoms with Crippen LogP contribution in [0.2, 0.25) is 0 Å². The summed E-state index contributed by atoms with van der Waals surface area (Å²) in [5.41, 5.74) is 0.247. The first-order valence-electron chi connectivity index (χ1n) is 3.46. The van der Waals surface area contributed by atoms with Crippen LogP contribution in [0, 0.1) is 5.82 Å². The van der Waals surface area contributed by atoms with Gasteiger partial charge in [0.15, 0.2) is 0 Å². The molecule has 0 unspecified atom stereocenters. The molecule has 0 aliphatic heterocycles. The van der Waals surface area contributed by atoms with Gasteiger partial charge in [-0.05, 0) is 28.1 Å². The summed E-state index contributed by atoms with van der Waals surface area (Å²) in [6.45, 7) is 0. The highest BCUT2D eigenvalue weighted by Gasteiger charge is 2.02. The van der Waals surface area contributed by atoms with Gasteiger partial charge in [-0.1, -0.05) is 12.1 Å². The number of carbonyl (C=O) groups is 1. The van der Waals surface area contributed by atoms with E-state index in [1.54, 1.807) is 12.1 Å². The van der Waals surface area contributed by atoms with E-state index < -0.39 is 11.8 Å². The lowest BCUT2D eigenvalue weighted by Crippen LogP contribution is -1.88. The second-order valence-corrected chi connectivity index (χ2v) is 3.17. The number of hydrogen-bond donors (Lipinski definition) is 1. The molecular formula is C9H6BrFO2. The Kier molecular flexibility index (Phi) is 3.19. The van der Waals surface area contributed by atoms with Gasteiger partial charge in [-0.15, -0.1) is 0 Å². The van der Waals surface area contributed by atoms with Crippen molar-refractivity contribution in [3.05, 3.63) is 40.1 Å². The van der Waals surface area contributed by atoms with Crippen molar-refractivity contribution in [2.24, 2.45) is 0 Å². The molecule has 0 aliphatic carbocycles. The van der Waals surface area contributed by atoms with Gasteiger partial charge < -0.3 is 5.11 Å². The maximum absolute atomic E-state index is 13.2. The first-order chi connectivity index (χ1) is 6.11. The van der Waals surface area contributed by atoms with Gasteiger partial charge in [0, 0.05) is 11.6 Å². The third kappa shape index (κ3) is 2.66. The molecule has 0 bridgehead atoms. The van der Waals surface area contributed by atoms with Crippen LogP contribution in [0.15, 0.2) is 28.7 Å². The van der Waals surface area contributed by atoms with Crippen LogP contribution in [-0.2, 0) is 4.79 Å². The van der Waals surface area contributed by atoms with Crippen LogP contribution in [0.5, 0.6) is 0 Å². The Hall–Kier alpha value is -1.16. The topological polar surface area (TPSA) is 37.3 Å². The van der Waals surface area contributed by atoms with Crippen LogP contribution in [-0.4, -0.2) is 11.1 Å². The number of benzene rings is 1. The van der Waals surface area contributed by atoms with Crippen LogP contribution in [0.3, 0.4) is 0 Å². The molecule has 4 heteroatoms. The Bertz CT molecular complexity index is 361. The molecule has 2 nitrogen and oxygen atoms in total. The number of aliphatic carboxylic acids is 1. The summed E-state index contributed by atoms with van der Waals surface area (Å²) in [6.07, 6.45) is 2.10. The normalized spacial score (nSPS) is 10.6. The highest BCUT2D eigenvalue weighted by molar-refractivity contribution is 9.10. The molecule has 0 radical (unpaired) electrons. The predicted octanol–water partition coefficient (Wildman–Crippen LogP) is 2.69. The lowest BCUT2D eigenvalue weighted by molar-refractivity contribution is -0.131. The van der Waals surface area contributed by atoms with E-state index in [9.17, 15) is 9.18 Å². The fraction of sp³-hybridized carbons (Fsp3) is 0. The average molecular weight is 245 g/mol. The van der Waals surface area contributed by atoms with Crippen LogP contribution in [0.1, 0.15) is 5.56 Å². The van der Waals surface area contributed by atoms with Crippen molar-refractivity contribution in [2.45, 2.75) is 0 Å². The van der Waals surface area contributed by atoms with Crippen LogP contribution >= 0.6 is 15.9 Å². The Morgan fingerprint density at radius 3 is 2.85 bits per heavy atom. The summed E-state index contributed by atoms with van der Waals surface area (Å²) < 4.78 is 13.5. The molecule has 0 heterocycles. The summed E-state index contributed by atoms with van der Waals surface area (Å²) in [7, 11) is 0. The molecule has 0 fully saturated rings. The molecule has 0 saturated heterocycles. The standard InChI is InChI=1S/C9H6BrFO2/c10-7-3-1-2-6(9(7)11)4-5-8(12)13/h1-5H,(H,12,13). The van der Waals surface area contributed by atoms with Crippen molar-refractivity contribution in [1.29, 1.82) is 0 Å². The van der Waals surface area contributed by atoms with E-state index in [-0.39, 0.29) is 5.56 Å². The SMILES string of the molecule is O=C(O)C=Cc1cccc(Br)c1F. The molecule has 1 rings (SSSR count). The Morgan fingerprint density at radius 1 is 1.54 bits per heavy atom. The van der Waals surface area contributed by atoms with E-state index in [4.69, 9.17) is 5.11 Å². The second-order valence-electron chi connectivity index (χ2n) is 2.31. The van der Waals surface area contributed by atoms with Crippen molar-refractivity contribution >= 4 is 28.0 Å². The molecule has 1 N–H and O–H groups in total. The van der Waals surface area contributed by atoms with Crippen molar-refractivity contribution in [1.82, 2.24) is 0 Å². The van der Waals surface area contributed by atoms with E-state index in [1.807, 2.05) is 0 Å². The number of carboxylic acid groups (broad SMARTS) is 1. The molecule has 13 heavy (non-hydrogen) atoms. The molecule has 0 amide bonds. The zero-order valence-corrected chi connectivity index (χ0v) is 8.08. The highest BCUT2D eigenvalue weighted by Crippen LogP contribution is 2.19. The number of halogens is 2. The quantitative estimate of drug-likeness (QED) is 0.813. The highest BCUT2D eigenvalue weighted by atomic mass is 79.9. The van der Waals surface area contributed by atoms with Gasteiger partial charge in [-0.25, -0.2) is 9.18 Å². The maximum Gasteiger partial charge on any atom is 0.328 e. The number of hydrogen-bond acceptors (Lipinski definition) is 1. The van der Waals surface area contributed by atoms with Crippen molar-refractivity contribution in [2.75, 3.05) is 0 Å². The summed E-state index contributed by atoms with van der Waals surface area (Å²) in [6, 6.07) is 4.68. The number of carboxylic acids is 1. The number of rotatable bonds is 2. The van der Waals surface area contributed by atoms with Crippen molar-refractivity contribution in [3.8, 4) is 0 Å². The lowest BCUT2D eigenvalue weighted by atomic mass is 10.2. The molecule has 1 aromatic carbocycles. The first kappa shape index (κ1) is 9.92. The van der Waals surface area contributed by atoms with Gasteiger partial charge in [0.25, 0.3) is 0 Å². The summed E-state index contributed by atoms with van der Waals surface area (Å²) in [5.74, 6) is -1.56. The van der Waals surface area contributed by atoms with Crippen LogP contribution in [0.25, 0.3) is 6.08 Å². The van der Waals surface area contributed by atoms with Crippen molar-refractivity contribution < 1.29 is 14.3 Å². The summed E-state index contributed by atoms with van der Waals surface area (Å²) >= 11 is 3.00. The van der Waals surface area contributed by atoms with Gasteiger partial charge in [0.05, 0.1) is 4.47 Å². The largest absolute Gasteiger partial charge is 0.478 e. The molecule has 0 aliphatic rings. The van der Waals surface area contributed by atoms with Gasteiger partial charge >= 0.3 is 5.97 Å². The van der Waals surface area contributed by atoms with Crippen LogP contribution in [0.4, 0.5) is 4.39 Å². The molecule has 0 saturated carbocycles. The fourth-order valence-electron chi connectivity index (χ4n) is 0.810. The minimum Gasteiger partial charge on any atom is -0.478 e. The molecule has 0 atom stereocenters. The molecule has 1 aromatic rings. The fourth-order valence-corrected chi connectivity index (χ4v) is 1.19. The third-order valence-electron chi connectivity index (χ3n) is 1.39. The Balaban J connectivity index is 3.02. The third-order valence-corrected chi connectivity index (χ3v) is 2.00. The van der Waals surface area contributed by atoms with Gasteiger partial charge in [-0.2, -0.15) is 0 Å². The Labute approximate surface area is 82.8 Å². The van der Waals surface area contributed by atoms with Gasteiger partial charge in [-0.3, -0.25) is 0 Å². The smallest absolute Gasteiger partial charge is 0.328 e. The van der Waals surface area contributed by atoms with E-state index in [0.717, 1.165) is 6.08 Å². The summed E-state index contributed by atoms with van der Waals surface area (Å²) in [5, 5.41) is 8.31. The maximum atomic E-state index is 13.2. The summed E-state index contributed by atoms with van der Waals surface area (Å²) in [4.78, 5) is 10.1. The van der Waals surface area contributed by atoms with Crippen molar-refractivity contribution in [3.63, 3.8) is 0 Å². The monoisotopic (exact) mass is 244 g/mol. The minimum atomic E-state index is -1.10. The first-order valence-corrected chi connectivity index (χ1v) is 4.25. The Morgan fingerprint density at radius 2 is 2.23 bits per heavy atom. The zero-order valence-electron chi connectivity index (χ0n) is 6.50. The van der Waals surface area contributed by atoms with E-state index >= 15 is 0 Å². The second kappa shape index (κ2) is 4.18. The average Bonchev–Trinajstić information content (AvgIpc) is 2.07. The minimum absolute atomic E-state index is 0.247. The van der Waals surface area contributed by atoms with Gasteiger partial charge in [0.2, 0.25) is 0 Å². The van der Waals surface area contributed by atoms with E-state index in [2.05, 4.69) is 15.9 Å². The molecular weight excluding hydrogens is 239 g/mol. The van der Waals surface area contributed by atoms with Gasteiger partial charge in [0.1, 0.15) is 5.82 Å². The molecule has 0 spiro atoms.